The summed E-state index contributed by atoms with van der Waals surface area (Å²) in [7, 11) is 1.73. The summed E-state index contributed by atoms with van der Waals surface area (Å²) in [5.41, 5.74) is 2.52. The predicted molar refractivity (Wildman–Crippen MR) is 97.4 cm³/mol. The lowest BCUT2D eigenvalue weighted by molar-refractivity contribution is 0.132. The zero-order valence-electron chi connectivity index (χ0n) is 15.3. The second kappa shape index (κ2) is 8.84. The van der Waals surface area contributed by atoms with Crippen molar-refractivity contribution < 1.29 is 9.47 Å². The number of hydrogen-bond donors (Lipinski definition) is 0. The van der Waals surface area contributed by atoms with E-state index in [1.165, 1.54) is 57.4 Å². The van der Waals surface area contributed by atoms with E-state index in [1.807, 2.05) is 6.92 Å². The van der Waals surface area contributed by atoms with Gasteiger partial charge in [-0.1, -0.05) is 12.5 Å². The Morgan fingerprint density at radius 3 is 2.71 bits per heavy atom. The molecule has 0 N–H and O–H groups in total. The molecule has 2 aliphatic heterocycles. The molecule has 2 saturated heterocycles. The Balaban J connectivity index is 1.57. The van der Waals surface area contributed by atoms with E-state index in [0.29, 0.717) is 6.61 Å². The van der Waals surface area contributed by atoms with Gasteiger partial charge in [-0.3, -0.25) is 9.80 Å². The number of likely N-dealkylation sites (tertiary alicyclic amines) is 2. The van der Waals surface area contributed by atoms with E-state index in [4.69, 9.17) is 9.47 Å². The molecule has 134 valence electrons. The molecule has 4 heteroatoms. The maximum Gasteiger partial charge on any atom is 0.124 e. The van der Waals surface area contributed by atoms with E-state index in [2.05, 4.69) is 28.0 Å². The maximum absolute atomic E-state index is 5.58. The van der Waals surface area contributed by atoms with Crippen LogP contribution in [-0.2, 0) is 17.9 Å². The van der Waals surface area contributed by atoms with Gasteiger partial charge in [0.25, 0.3) is 0 Å². The van der Waals surface area contributed by atoms with Gasteiger partial charge in [0.15, 0.2) is 0 Å². The molecule has 3 rings (SSSR count). The van der Waals surface area contributed by atoms with Crippen LogP contribution in [0.25, 0.3) is 0 Å². The van der Waals surface area contributed by atoms with Gasteiger partial charge in [0, 0.05) is 37.8 Å². The average molecular weight is 332 g/mol. The molecule has 0 spiro atoms. The van der Waals surface area contributed by atoms with Crippen molar-refractivity contribution in [3.8, 4) is 5.75 Å². The molecule has 0 bridgehead atoms. The molecule has 0 radical (unpaired) electrons. The summed E-state index contributed by atoms with van der Waals surface area (Å²) in [6, 6.07) is 7.30. The first-order valence-corrected chi connectivity index (χ1v) is 9.50. The molecule has 1 aromatic rings. The fourth-order valence-electron chi connectivity index (χ4n) is 4.05. The lowest BCUT2D eigenvalue weighted by Gasteiger charge is -2.32. The highest BCUT2D eigenvalue weighted by molar-refractivity contribution is 5.37. The van der Waals surface area contributed by atoms with Gasteiger partial charge >= 0.3 is 0 Å². The molecular weight excluding hydrogens is 300 g/mol. The summed E-state index contributed by atoms with van der Waals surface area (Å²) in [5, 5.41) is 0. The second-order valence-electron chi connectivity index (χ2n) is 7.06. The van der Waals surface area contributed by atoms with Crippen LogP contribution in [0.4, 0.5) is 0 Å². The summed E-state index contributed by atoms with van der Waals surface area (Å²) in [4.78, 5) is 5.32. The first-order chi connectivity index (χ1) is 11.8. The molecule has 2 heterocycles. The third-order valence-electron chi connectivity index (χ3n) is 5.37. The molecule has 2 aliphatic rings. The zero-order valence-corrected chi connectivity index (χ0v) is 15.3. The SMILES string of the molecule is CCOCc1cc(CN2CCC(N3CCCCC3)C2)ccc1OC. The molecule has 1 atom stereocenters. The first-order valence-electron chi connectivity index (χ1n) is 9.50. The van der Waals surface area contributed by atoms with Crippen molar-refractivity contribution in [1.29, 1.82) is 0 Å². The maximum atomic E-state index is 5.58. The van der Waals surface area contributed by atoms with Crippen LogP contribution in [0.5, 0.6) is 5.75 Å². The molecular formula is C20H32N2O2. The minimum Gasteiger partial charge on any atom is -0.496 e. The molecule has 0 amide bonds. The fourth-order valence-corrected chi connectivity index (χ4v) is 4.05. The highest BCUT2D eigenvalue weighted by Crippen LogP contribution is 2.24. The van der Waals surface area contributed by atoms with Gasteiger partial charge in [-0.2, -0.15) is 0 Å². The van der Waals surface area contributed by atoms with Gasteiger partial charge in [0.2, 0.25) is 0 Å². The highest BCUT2D eigenvalue weighted by atomic mass is 16.5. The molecule has 0 saturated carbocycles. The minimum atomic E-state index is 0.629. The number of methoxy groups -OCH3 is 1. The number of rotatable bonds is 7. The van der Waals surface area contributed by atoms with Crippen LogP contribution in [0.3, 0.4) is 0 Å². The number of nitrogens with zero attached hydrogens (tertiary/aromatic N) is 2. The van der Waals surface area contributed by atoms with Crippen LogP contribution in [0.1, 0.15) is 43.7 Å². The summed E-state index contributed by atoms with van der Waals surface area (Å²) >= 11 is 0. The lowest BCUT2D eigenvalue weighted by atomic mass is 10.1. The van der Waals surface area contributed by atoms with Crippen molar-refractivity contribution in [1.82, 2.24) is 9.80 Å². The number of ether oxygens (including phenoxy) is 2. The lowest BCUT2D eigenvalue weighted by Crippen LogP contribution is -2.40. The monoisotopic (exact) mass is 332 g/mol. The van der Waals surface area contributed by atoms with Gasteiger partial charge in [0.05, 0.1) is 13.7 Å². The van der Waals surface area contributed by atoms with Crippen molar-refractivity contribution in [3.05, 3.63) is 29.3 Å². The van der Waals surface area contributed by atoms with Gasteiger partial charge in [-0.15, -0.1) is 0 Å². The predicted octanol–water partition coefficient (Wildman–Crippen LogP) is 3.29. The van der Waals surface area contributed by atoms with Gasteiger partial charge in [-0.25, -0.2) is 0 Å². The Morgan fingerprint density at radius 2 is 1.96 bits per heavy atom. The molecule has 4 nitrogen and oxygen atoms in total. The molecule has 2 fully saturated rings. The number of benzene rings is 1. The van der Waals surface area contributed by atoms with E-state index in [9.17, 15) is 0 Å². The van der Waals surface area contributed by atoms with Gasteiger partial charge in [0.1, 0.15) is 5.75 Å². The molecule has 0 aromatic heterocycles. The summed E-state index contributed by atoms with van der Waals surface area (Å²) in [6.07, 6.45) is 5.51. The molecule has 24 heavy (non-hydrogen) atoms. The zero-order chi connectivity index (χ0) is 16.8. The van der Waals surface area contributed by atoms with Crippen LogP contribution in [0.15, 0.2) is 18.2 Å². The Hall–Kier alpha value is -1.10. The van der Waals surface area contributed by atoms with Crippen LogP contribution in [-0.4, -0.2) is 55.7 Å². The molecule has 1 unspecified atom stereocenters. The third kappa shape index (κ3) is 4.50. The Bertz CT molecular complexity index is 514. The normalized spacial score (nSPS) is 22.8. The van der Waals surface area contributed by atoms with Crippen molar-refractivity contribution in [3.63, 3.8) is 0 Å². The number of hydrogen-bond acceptors (Lipinski definition) is 4. The van der Waals surface area contributed by atoms with Crippen molar-refractivity contribution in [2.75, 3.05) is 39.9 Å². The van der Waals surface area contributed by atoms with E-state index < -0.39 is 0 Å². The fraction of sp³-hybridized carbons (Fsp3) is 0.700. The van der Waals surface area contributed by atoms with Crippen molar-refractivity contribution in [2.45, 2.75) is 51.8 Å². The Kier molecular flexibility index (Phi) is 6.52. The minimum absolute atomic E-state index is 0.629. The summed E-state index contributed by atoms with van der Waals surface area (Å²) in [5.74, 6) is 0.930. The average Bonchev–Trinajstić information content (AvgIpc) is 3.09. The van der Waals surface area contributed by atoms with E-state index in [1.54, 1.807) is 7.11 Å². The quantitative estimate of drug-likeness (QED) is 0.765. The first kappa shape index (κ1) is 17.7. The van der Waals surface area contributed by atoms with Gasteiger partial charge < -0.3 is 9.47 Å². The van der Waals surface area contributed by atoms with E-state index in [0.717, 1.165) is 30.5 Å². The van der Waals surface area contributed by atoms with Crippen LogP contribution >= 0.6 is 0 Å². The topological polar surface area (TPSA) is 24.9 Å². The summed E-state index contributed by atoms with van der Waals surface area (Å²) in [6.45, 7) is 9.47. The van der Waals surface area contributed by atoms with Crippen LogP contribution in [0.2, 0.25) is 0 Å². The highest BCUT2D eigenvalue weighted by Gasteiger charge is 2.28. The van der Waals surface area contributed by atoms with Crippen molar-refractivity contribution >= 4 is 0 Å². The van der Waals surface area contributed by atoms with E-state index >= 15 is 0 Å². The largest absolute Gasteiger partial charge is 0.496 e. The van der Waals surface area contributed by atoms with Crippen LogP contribution < -0.4 is 4.74 Å². The molecule has 1 aromatic carbocycles. The summed E-state index contributed by atoms with van der Waals surface area (Å²) < 4.78 is 11.0. The van der Waals surface area contributed by atoms with Crippen LogP contribution in [0, 0.1) is 0 Å². The number of piperidine rings is 1. The molecule has 0 aliphatic carbocycles. The third-order valence-corrected chi connectivity index (χ3v) is 5.37. The Labute approximate surface area is 146 Å². The van der Waals surface area contributed by atoms with Gasteiger partial charge in [-0.05, 0) is 57.0 Å². The Morgan fingerprint density at radius 1 is 1.12 bits per heavy atom. The van der Waals surface area contributed by atoms with E-state index in [-0.39, 0.29) is 0 Å². The standard InChI is InChI=1S/C20H32N2O2/c1-3-24-16-18-13-17(7-8-20(18)23-2)14-21-12-9-19(15-21)22-10-5-4-6-11-22/h7-8,13,19H,3-6,9-12,14-16H2,1-2H3. The second-order valence-corrected chi connectivity index (χ2v) is 7.06. The van der Waals surface area contributed by atoms with Crippen molar-refractivity contribution in [2.24, 2.45) is 0 Å². The smallest absolute Gasteiger partial charge is 0.124 e.